The molecule has 6 nitrogen and oxygen atoms in total. The molecule has 0 atom stereocenters. The lowest BCUT2D eigenvalue weighted by Gasteiger charge is -2.26. The third kappa shape index (κ3) is 4.32. The van der Waals surface area contributed by atoms with E-state index in [1.165, 1.54) is 0 Å². The monoisotopic (exact) mass is 276 g/mol. The summed E-state index contributed by atoms with van der Waals surface area (Å²) >= 11 is 0. The fourth-order valence-electron chi connectivity index (χ4n) is 2.14. The Morgan fingerprint density at radius 2 is 1.85 bits per heavy atom. The summed E-state index contributed by atoms with van der Waals surface area (Å²) < 4.78 is 0. The Balaban J connectivity index is 1.77. The number of primary amides is 1. The molecule has 0 aliphatic carbocycles. The highest BCUT2D eigenvalue weighted by molar-refractivity contribution is 5.94. The van der Waals surface area contributed by atoms with E-state index in [1.54, 1.807) is 24.3 Å². The molecule has 4 N–H and O–H groups in total. The normalized spacial score (nSPS) is 15.8. The Hall–Kier alpha value is -1.92. The SMILES string of the molecule is NC(=O)c1ccc(NC(=O)CCN2CCNCC2)cc1. The number of benzene rings is 1. The van der Waals surface area contributed by atoms with E-state index < -0.39 is 5.91 Å². The molecule has 6 heteroatoms. The highest BCUT2D eigenvalue weighted by atomic mass is 16.2. The average molecular weight is 276 g/mol. The molecule has 2 rings (SSSR count). The van der Waals surface area contributed by atoms with Crippen LogP contribution in [0.1, 0.15) is 16.8 Å². The molecule has 1 aliphatic rings. The maximum atomic E-state index is 11.8. The topological polar surface area (TPSA) is 87.5 Å². The Labute approximate surface area is 118 Å². The minimum absolute atomic E-state index is 0.0182. The summed E-state index contributed by atoms with van der Waals surface area (Å²) in [4.78, 5) is 25.0. The van der Waals surface area contributed by atoms with Gasteiger partial charge in [-0.1, -0.05) is 0 Å². The lowest BCUT2D eigenvalue weighted by Crippen LogP contribution is -2.44. The van der Waals surface area contributed by atoms with Crippen LogP contribution in [-0.4, -0.2) is 49.4 Å². The van der Waals surface area contributed by atoms with Gasteiger partial charge < -0.3 is 21.3 Å². The second-order valence-corrected chi connectivity index (χ2v) is 4.83. The van der Waals surface area contributed by atoms with Gasteiger partial charge >= 0.3 is 0 Å². The van der Waals surface area contributed by atoms with Gasteiger partial charge in [0.05, 0.1) is 0 Å². The van der Waals surface area contributed by atoms with Crippen molar-refractivity contribution in [3.63, 3.8) is 0 Å². The molecule has 1 fully saturated rings. The number of carbonyl (C=O) groups excluding carboxylic acids is 2. The van der Waals surface area contributed by atoms with E-state index in [0.717, 1.165) is 32.7 Å². The first-order chi connectivity index (χ1) is 9.65. The molecule has 0 spiro atoms. The first-order valence-corrected chi connectivity index (χ1v) is 6.78. The molecule has 108 valence electrons. The number of carbonyl (C=O) groups is 2. The predicted molar refractivity (Wildman–Crippen MR) is 77.5 cm³/mol. The number of anilines is 1. The van der Waals surface area contributed by atoms with Gasteiger partial charge in [-0.15, -0.1) is 0 Å². The van der Waals surface area contributed by atoms with Gasteiger partial charge in [-0.05, 0) is 24.3 Å². The molecule has 0 unspecified atom stereocenters. The molecule has 1 heterocycles. The van der Waals surface area contributed by atoms with Gasteiger partial charge in [-0.2, -0.15) is 0 Å². The second-order valence-electron chi connectivity index (χ2n) is 4.83. The third-order valence-corrected chi connectivity index (χ3v) is 3.32. The van der Waals surface area contributed by atoms with Crippen LogP contribution in [0.5, 0.6) is 0 Å². The molecular formula is C14H20N4O2. The minimum Gasteiger partial charge on any atom is -0.366 e. The van der Waals surface area contributed by atoms with Gasteiger partial charge in [-0.25, -0.2) is 0 Å². The molecule has 0 radical (unpaired) electrons. The summed E-state index contributed by atoms with van der Waals surface area (Å²) in [5.74, 6) is -0.489. The van der Waals surface area contributed by atoms with Crippen LogP contribution in [0.4, 0.5) is 5.69 Å². The number of amides is 2. The van der Waals surface area contributed by atoms with E-state index in [9.17, 15) is 9.59 Å². The number of nitrogens with two attached hydrogens (primary N) is 1. The molecule has 0 saturated carbocycles. The number of nitrogens with one attached hydrogen (secondary N) is 2. The van der Waals surface area contributed by atoms with E-state index in [1.807, 2.05) is 0 Å². The van der Waals surface area contributed by atoms with Crippen molar-refractivity contribution >= 4 is 17.5 Å². The highest BCUT2D eigenvalue weighted by Crippen LogP contribution is 2.09. The number of hydrogen-bond donors (Lipinski definition) is 3. The molecule has 1 aromatic carbocycles. The van der Waals surface area contributed by atoms with Crippen molar-refractivity contribution in [2.75, 3.05) is 38.0 Å². The number of rotatable bonds is 5. The van der Waals surface area contributed by atoms with E-state index in [2.05, 4.69) is 15.5 Å². The minimum atomic E-state index is -0.471. The molecule has 1 saturated heterocycles. The molecule has 1 aliphatic heterocycles. The van der Waals surface area contributed by atoms with Crippen LogP contribution in [0.3, 0.4) is 0 Å². The van der Waals surface area contributed by atoms with E-state index in [4.69, 9.17) is 5.73 Å². The van der Waals surface area contributed by atoms with E-state index in [0.29, 0.717) is 17.7 Å². The summed E-state index contributed by atoms with van der Waals surface area (Å²) in [6.07, 6.45) is 0.470. The van der Waals surface area contributed by atoms with E-state index in [-0.39, 0.29) is 5.91 Å². The van der Waals surface area contributed by atoms with Crippen LogP contribution < -0.4 is 16.4 Å². The van der Waals surface area contributed by atoms with Crippen LogP contribution in [0.25, 0.3) is 0 Å². The summed E-state index contributed by atoms with van der Waals surface area (Å²) in [6, 6.07) is 6.58. The number of nitrogens with zero attached hydrogens (tertiary/aromatic N) is 1. The lowest BCUT2D eigenvalue weighted by atomic mass is 10.2. The molecular weight excluding hydrogens is 256 g/mol. The Morgan fingerprint density at radius 1 is 1.20 bits per heavy atom. The quantitative estimate of drug-likeness (QED) is 0.707. The lowest BCUT2D eigenvalue weighted by molar-refractivity contribution is -0.116. The zero-order valence-electron chi connectivity index (χ0n) is 11.4. The summed E-state index contributed by atoms with van der Waals surface area (Å²) in [6.45, 7) is 4.71. The van der Waals surface area contributed by atoms with Gasteiger partial charge in [0, 0.05) is 50.4 Å². The van der Waals surface area contributed by atoms with Crippen LogP contribution in [0, 0.1) is 0 Å². The van der Waals surface area contributed by atoms with Gasteiger partial charge in [0.1, 0.15) is 0 Å². The molecule has 1 aromatic rings. The first kappa shape index (κ1) is 14.5. The van der Waals surface area contributed by atoms with Gasteiger partial charge in [0.25, 0.3) is 0 Å². The zero-order valence-corrected chi connectivity index (χ0v) is 11.4. The third-order valence-electron chi connectivity index (χ3n) is 3.32. The Morgan fingerprint density at radius 3 is 2.45 bits per heavy atom. The summed E-state index contributed by atoms with van der Waals surface area (Å²) in [5.41, 5.74) is 6.27. The van der Waals surface area contributed by atoms with Gasteiger partial charge in [0.2, 0.25) is 11.8 Å². The molecule has 2 amide bonds. The zero-order chi connectivity index (χ0) is 14.4. The fraction of sp³-hybridized carbons (Fsp3) is 0.429. The maximum absolute atomic E-state index is 11.8. The second kappa shape index (κ2) is 7.02. The van der Waals surface area contributed by atoms with Crippen molar-refractivity contribution in [2.24, 2.45) is 5.73 Å². The van der Waals surface area contributed by atoms with Crippen molar-refractivity contribution in [3.8, 4) is 0 Å². The molecule has 0 bridgehead atoms. The fourth-order valence-corrected chi connectivity index (χ4v) is 2.14. The maximum Gasteiger partial charge on any atom is 0.248 e. The largest absolute Gasteiger partial charge is 0.366 e. The summed E-state index contributed by atoms with van der Waals surface area (Å²) in [7, 11) is 0. The van der Waals surface area contributed by atoms with Gasteiger partial charge in [0.15, 0.2) is 0 Å². The van der Waals surface area contributed by atoms with Crippen LogP contribution in [0.15, 0.2) is 24.3 Å². The smallest absolute Gasteiger partial charge is 0.248 e. The van der Waals surface area contributed by atoms with Crippen molar-refractivity contribution in [1.82, 2.24) is 10.2 Å². The Kier molecular flexibility index (Phi) is 5.09. The van der Waals surface area contributed by atoms with Crippen molar-refractivity contribution < 1.29 is 9.59 Å². The predicted octanol–water partition coefficient (Wildman–Crippen LogP) is 0.0193. The molecule has 0 aromatic heterocycles. The highest BCUT2D eigenvalue weighted by Gasteiger charge is 2.11. The number of piperazine rings is 1. The first-order valence-electron chi connectivity index (χ1n) is 6.78. The van der Waals surface area contributed by atoms with Crippen LogP contribution in [0.2, 0.25) is 0 Å². The van der Waals surface area contributed by atoms with Crippen LogP contribution in [-0.2, 0) is 4.79 Å². The molecule has 20 heavy (non-hydrogen) atoms. The van der Waals surface area contributed by atoms with Crippen molar-refractivity contribution in [1.29, 1.82) is 0 Å². The van der Waals surface area contributed by atoms with Crippen molar-refractivity contribution in [2.45, 2.75) is 6.42 Å². The average Bonchev–Trinajstić information content (AvgIpc) is 2.47. The number of hydrogen-bond acceptors (Lipinski definition) is 4. The van der Waals surface area contributed by atoms with Crippen molar-refractivity contribution in [3.05, 3.63) is 29.8 Å². The van der Waals surface area contributed by atoms with Crippen LogP contribution >= 0.6 is 0 Å². The van der Waals surface area contributed by atoms with Gasteiger partial charge in [-0.3, -0.25) is 9.59 Å². The van der Waals surface area contributed by atoms with E-state index >= 15 is 0 Å². The Bertz CT molecular complexity index is 467. The standard InChI is InChI=1S/C14H20N4O2/c15-14(20)11-1-3-12(4-2-11)17-13(19)5-8-18-9-6-16-7-10-18/h1-4,16H,5-10H2,(H2,15,20)(H,17,19). The summed E-state index contributed by atoms with van der Waals surface area (Å²) in [5, 5.41) is 6.09.